The van der Waals surface area contributed by atoms with E-state index in [1.54, 1.807) is 0 Å². The van der Waals surface area contributed by atoms with Gasteiger partial charge in [0.25, 0.3) is 0 Å². The molecule has 0 atom stereocenters. The van der Waals surface area contributed by atoms with Gasteiger partial charge in [-0.25, -0.2) is 0 Å². The van der Waals surface area contributed by atoms with Crippen LogP contribution in [0.15, 0.2) is 30.0 Å². The van der Waals surface area contributed by atoms with Gasteiger partial charge in [0, 0.05) is 11.9 Å². The Kier molecular flexibility index (Phi) is 1.65. The summed E-state index contributed by atoms with van der Waals surface area (Å²) in [5.74, 6) is 0. The van der Waals surface area contributed by atoms with Crippen LogP contribution in [0.3, 0.4) is 0 Å². The molecule has 12 heavy (non-hydrogen) atoms. The third kappa shape index (κ3) is 1.02. The molecule has 1 aromatic rings. The number of aryl methyl sites for hydroxylation is 1. The zero-order valence-electron chi connectivity index (χ0n) is 7.52. The molecule has 1 aliphatic rings. The molecule has 0 saturated heterocycles. The van der Waals surface area contributed by atoms with Gasteiger partial charge >= 0.3 is 0 Å². The third-order valence-corrected chi connectivity index (χ3v) is 2.40. The van der Waals surface area contributed by atoms with Gasteiger partial charge in [-0.1, -0.05) is 12.2 Å². The van der Waals surface area contributed by atoms with Gasteiger partial charge in [-0.05, 0) is 43.0 Å². The molecule has 1 heterocycles. The van der Waals surface area contributed by atoms with E-state index < -0.39 is 0 Å². The third-order valence-electron chi connectivity index (χ3n) is 2.40. The molecule has 0 unspecified atom stereocenters. The minimum atomic E-state index is 1.08. The van der Waals surface area contributed by atoms with Crippen LogP contribution in [-0.4, -0.2) is 4.98 Å². The van der Waals surface area contributed by atoms with Crippen LogP contribution in [0.4, 0.5) is 0 Å². The second-order valence-electron chi connectivity index (χ2n) is 3.28. The van der Waals surface area contributed by atoms with E-state index in [4.69, 9.17) is 0 Å². The van der Waals surface area contributed by atoms with Crippen molar-refractivity contribution in [2.75, 3.05) is 0 Å². The minimum absolute atomic E-state index is 1.08. The Morgan fingerprint density at radius 2 is 2.08 bits per heavy atom. The molecule has 2 rings (SSSR count). The molecule has 0 radical (unpaired) electrons. The summed E-state index contributed by atoms with van der Waals surface area (Å²) in [5.41, 5.74) is 5.37. The van der Waals surface area contributed by atoms with Crippen molar-refractivity contribution in [3.05, 3.63) is 41.2 Å². The van der Waals surface area contributed by atoms with Crippen LogP contribution in [-0.2, 0) is 0 Å². The van der Waals surface area contributed by atoms with Gasteiger partial charge in [-0.2, -0.15) is 0 Å². The summed E-state index contributed by atoms with van der Waals surface area (Å²) in [6, 6.07) is 2.11. The fourth-order valence-electron chi connectivity index (χ4n) is 1.66. The molecule has 0 saturated carbocycles. The van der Waals surface area contributed by atoms with Crippen molar-refractivity contribution in [1.82, 2.24) is 4.98 Å². The Morgan fingerprint density at radius 1 is 1.25 bits per heavy atom. The number of allylic oxidation sites excluding steroid dienone is 4. The van der Waals surface area contributed by atoms with Crippen molar-refractivity contribution < 1.29 is 0 Å². The Bertz CT molecular complexity index is 353. The first-order chi connectivity index (χ1) is 5.79. The van der Waals surface area contributed by atoms with Crippen molar-refractivity contribution in [2.45, 2.75) is 20.3 Å². The second-order valence-corrected chi connectivity index (χ2v) is 3.28. The van der Waals surface area contributed by atoms with Crippen molar-refractivity contribution in [1.29, 1.82) is 0 Å². The van der Waals surface area contributed by atoms with E-state index in [1.807, 2.05) is 6.20 Å². The summed E-state index contributed by atoms with van der Waals surface area (Å²) in [6.45, 7) is 4.30. The van der Waals surface area contributed by atoms with Gasteiger partial charge in [0.15, 0.2) is 0 Å². The van der Waals surface area contributed by atoms with E-state index in [2.05, 4.69) is 37.0 Å². The monoisotopic (exact) mass is 159 g/mol. The molecule has 1 aromatic heterocycles. The van der Waals surface area contributed by atoms with Crippen molar-refractivity contribution in [2.24, 2.45) is 0 Å². The maximum absolute atomic E-state index is 3.27. The number of hydrogen-bond donors (Lipinski definition) is 1. The Hall–Kier alpha value is -1.24. The molecule has 1 heteroatoms. The van der Waals surface area contributed by atoms with Crippen LogP contribution in [0.1, 0.15) is 24.6 Å². The predicted octanol–water partition coefficient (Wildman–Crippen LogP) is 3.06. The standard InChI is InChI=1S/C11H13N/c1-8-4-3-5-10(8)11-9(2)6-7-12-11/h4-7,12H,3H2,1-2H3. The number of aromatic amines is 1. The number of rotatable bonds is 1. The summed E-state index contributed by atoms with van der Waals surface area (Å²) in [6.07, 6.45) is 7.61. The quantitative estimate of drug-likeness (QED) is 0.648. The lowest BCUT2D eigenvalue weighted by Crippen LogP contribution is -1.85. The van der Waals surface area contributed by atoms with Crippen molar-refractivity contribution >= 4 is 5.57 Å². The van der Waals surface area contributed by atoms with Gasteiger partial charge in [-0.15, -0.1) is 0 Å². The zero-order valence-corrected chi connectivity index (χ0v) is 7.52. The van der Waals surface area contributed by atoms with Crippen molar-refractivity contribution in [3.63, 3.8) is 0 Å². The average Bonchev–Trinajstić information content (AvgIpc) is 2.59. The molecule has 1 N–H and O–H groups in total. The van der Waals surface area contributed by atoms with Gasteiger partial charge < -0.3 is 4.98 Å². The van der Waals surface area contributed by atoms with Crippen LogP contribution in [0.25, 0.3) is 5.57 Å². The van der Waals surface area contributed by atoms with E-state index in [9.17, 15) is 0 Å². The van der Waals surface area contributed by atoms with Gasteiger partial charge in [-0.3, -0.25) is 0 Å². The normalized spacial score (nSPS) is 16.2. The highest BCUT2D eigenvalue weighted by atomic mass is 14.7. The summed E-state index contributed by atoms with van der Waals surface area (Å²) in [7, 11) is 0. The molecular weight excluding hydrogens is 146 g/mol. The highest BCUT2D eigenvalue weighted by Crippen LogP contribution is 2.29. The molecule has 0 fully saturated rings. The molecule has 0 amide bonds. The first kappa shape index (κ1) is 7.41. The van der Waals surface area contributed by atoms with E-state index in [-0.39, 0.29) is 0 Å². The van der Waals surface area contributed by atoms with Crippen LogP contribution in [0.2, 0.25) is 0 Å². The number of aromatic nitrogens is 1. The smallest absolute Gasteiger partial charge is 0.0483 e. The Balaban J connectivity index is 2.44. The number of hydrogen-bond acceptors (Lipinski definition) is 0. The SMILES string of the molecule is CC1=CCC=C1c1[nH]ccc1C. The van der Waals surface area contributed by atoms with Gasteiger partial charge in [0.2, 0.25) is 0 Å². The first-order valence-electron chi connectivity index (χ1n) is 4.30. The molecule has 0 aromatic carbocycles. The number of H-pyrrole nitrogens is 1. The van der Waals surface area contributed by atoms with E-state index in [1.165, 1.54) is 22.4 Å². The lowest BCUT2D eigenvalue weighted by atomic mass is 10.1. The molecule has 62 valence electrons. The molecule has 1 nitrogen and oxygen atoms in total. The lowest BCUT2D eigenvalue weighted by molar-refractivity contribution is 1.31. The summed E-state index contributed by atoms with van der Waals surface area (Å²) < 4.78 is 0. The summed E-state index contributed by atoms with van der Waals surface area (Å²) in [4.78, 5) is 3.27. The molecule has 0 spiro atoms. The average molecular weight is 159 g/mol. The van der Waals surface area contributed by atoms with Crippen LogP contribution >= 0.6 is 0 Å². The summed E-state index contributed by atoms with van der Waals surface area (Å²) in [5, 5.41) is 0. The fraction of sp³-hybridized carbons (Fsp3) is 0.273. The highest BCUT2D eigenvalue weighted by Gasteiger charge is 2.10. The molecule has 0 aliphatic heterocycles. The van der Waals surface area contributed by atoms with Crippen LogP contribution in [0, 0.1) is 6.92 Å². The lowest BCUT2D eigenvalue weighted by Gasteiger charge is -2.02. The Morgan fingerprint density at radius 3 is 2.58 bits per heavy atom. The maximum Gasteiger partial charge on any atom is 0.0483 e. The molecule has 1 aliphatic carbocycles. The minimum Gasteiger partial charge on any atom is -0.361 e. The van der Waals surface area contributed by atoms with Gasteiger partial charge in [0.05, 0.1) is 0 Å². The summed E-state index contributed by atoms with van der Waals surface area (Å²) >= 11 is 0. The highest BCUT2D eigenvalue weighted by molar-refractivity contribution is 5.80. The molecule has 0 bridgehead atoms. The second kappa shape index (κ2) is 2.67. The predicted molar refractivity (Wildman–Crippen MR) is 51.9 cm³/mol. The van der Waals surface area contributed by atoms with E-state index in [0.29, 0.717) is 0 Å². The maximum atomic E-state index is 3.27. The zero-order chi connectivity index (χ0) is 8.55. The fourth-order valence-corrected chi connectivity index (χ4v) is 1.66. The topological polar surface area (TPSA) is 15.8 Å². The first-order valence-corrected chi connectivity index (χ1v) is 4.30. The Labute approximate surface area is 72.8 Å². The number of nitrogens with one attached hydrogen (secondary N) is 1. The van der Waals surface area contributed by atoms with Gasteiger partial charge in [0.1, 0.15) is 0 Å². The van der Waals surface area contributed by atoms with Crippen LogP contribution < -0.4 is 0 Å². The van der Waals surface area contributed by atoms with E-state index >= 15 is 0 Å². The largest absolute Gasteiger partial charge is 0.361 e. The van der Waals surface area contributed by atoms with E-state index in [0.717, 1.165) is 6.42 Å². The molecular formula is C11H13N. The van der Waals surface area contributed by atoms with Crippen molar-refractivity contribution in [3.8, 4) is 0 Å². The van der Waals surface area contributed by atoms with Crippen LogP contribution in [0.5, 0.6) is 0 Å².